The standard InChI is InChI=1S/C11H13FO/c1-2-3-11(13)8-9-4-6-10(12)7-5-9/h2,4-7,11,13H,1,3,8H2. The van der Waals surface area contributed by atoms with Crippen LogP contribution in [0.3, 0.4) is 0 Å². The summed E-state index contributed by atoms with van der Waals surface area (Å²) in [5, 5.41) is 9.41. The molecule has 0 saturated heterocycles. The van der Waals surface area contributed by atoms with Gasteiger partial charge in [-0.05, 0) is 30.5 Å². The first-order chi connectivity index (χ1) is 6.22. The highest BCUT2D eigenvalue weighted by Crippen LogP contribution is 2.07. The molecule has 0 aliphatic heterocycles. The smallest absolute Gasteiger partial charge is 0.123 e. The van der Waals surface area contributed by atoms with Crippen LogP contribution in [0.1, 0.15) is 12.0 Å². The minimum Gasteiger partial charge on any atom is -0.392 e. The van der Waals surface area contributed by atoms with Crippen LogP contribution in [0.4, 0.5) is 4.39 Å². The van der Waals surface area contributed by atoms with Gasteiger partial charge in [0.05, 0.1) is 6.10 Å². The molecule has 0 fully saturated rings. The van der Waals surface area contributed by atoms with Crippen molar-refractivity contribution in [1.29, 1.82) is 0 Å². The van der Waals surface area contributed by atoms with E-state index in [-0.39, 0.29) is 5.82 Å². The second kappa shape index (κ2) is 4.77. The summed E-state index contributed by atoms with van der Waals surface area (Å²) in [6.45, 7) is 3.54. The highest BCUT2D eigenvalue weighted by molar-refractivity contribution is 5.16. The minimum absolute atomic E-state index is 0.248. The molecular weight excluding hydrogens is 167 g/mol. The zero-order valence-electron chi connectivity index (χ0n) is 7.41. The van der Waals surface area contributed by atoms with Gasteiger partial charge in [0.2, 0.25) is 0 Å². The Labute approximate surface area is 77.5 Å². The Balaban J connectivity index is 2.53. The van der Waals surface area contributed by atoms with Gasteiger partial charge in [-0.15, -0.1) is 6.58 Å². The third-order valence-corrected chi connectivity index (χ3v) is 1.82. The Bertz CT molecular complexity index is 266. The molecule has 1 rings (SSSR count). The molecule has 0 bridgehead atoms. The van der Waals surface area contributed by atoms with Crippen LogP contribution in [-0.2, 0) is 6.42 Å². The number of hydrogen-bond donors (Lipinski definition) is 1. The lowest BCUT2D eigenvalue weighted by Crippen LogP contribution is -2.08. The highest BCUT2D eigenvalue weighted by Gasteiger charge is 2.02. The summed E-state index contributed by atoms with van der Waals surface area (Å²) in [7, 11) is 0. The van der Waals surface area contributed by atoms with Crippen molar-refractivity contribution in [3.8, 4) is 0 Å². The van der Waals surface area contributed by atoms with Crippen LogP contribution in [0.25, 0.3) is 0 Å². The lowest BCUT2D eigenvalue weighted by Gasteiger charge is -2.07. The van der Waals surface area contributed by atoms with Crippen LogP contribution < -0.4 is 0 Å². The Kier molecular flexibility index (Phi) is 3.65. The van der Waals surface area contributed by atoms with E-state index >= 15 is 0 Å². The van der Waals surface area contributed by atoms with E-state index < -0.39 is 6.10 Å². The zero-order valence-corrected chi connectivity index (χ0v) is 7.41. The van der Waals surface area contributed by atoms with Gasteiger partial charge in [-0.25, -0.2) is 4.39 Å². The zero-order chi connectivity index (χ0) is 9.68. The lowest BCUT2D eigenvalue weighted by molar-refractivity contribution is 0.178. The van der Waals surface area contributed by atoms with E-state index in [2.05, 4.69) is 6.58 Å². The molecule has 0 aliphatic rings. The average molecular weight is 180 g/mol. The molecular formula is C11H13FO. The quantitative estimate of drug-likeness (QED) is 0.705. The van der Waals surface area contributed by atoms with E-state index in [9.17, 15) is 9.50 Å². The average Bonchev–Trinajstić information content (AvgIpc) is 2.09. The van der Waals surface area contributed by atoms with E-state index in [1.165, 1.54) is 12.1 Å². The van der Waals surface area contributed by atoms with Gasteiger partial charge < -0.3 is 5.11 Å². The van der Waals surface area contributed by atoms with Gasteiger partial charge in [-0.1, -0.05) is 18.2 Å². The van der Waals surface area contributed by atoms with E-state index in [0.29, 0.717) is 12.8 Å². The first-order valence-electron chi connectivity index (χ1n) is 4.26. The Morgan fingerprint density at radius 1 is 1.38 bits per heavy atom. The number of rotatable bonds is 4. The van der Waals surface area contributed by atoms with Crippen molar-refractivity contribution in [3.05, 3.63) is 48.3 Å². The SMILES string of the molecule is C=CCC(O)Cc1ccc(F)cc1. The maximum Gasteiger partial charge on any atom is 0.123 e. The second-order valence-electron chi connectivity index (χ2n) is 3.01. The summed E-state index contributed by atoms with van der Waals surface area (Å²) in [4.78, 5) is 0. The van der Waals surface area contributed by atoms with Crippen LogP contribution in [-0.4, -0.2) is 11.2 Å². The predicted molar refractivity (Wildman–Crippen MR) is 50.9 cm³/mol. The molecule has 1 atom stereocenters. The van der Waals surface area contributed by atoms with Crippen molar-refractivity contribution < 1.29 is 9.50 Å². The van der Waals surface area contributed by atoms with Crippen LogP contribution in [0.5, 0.6) is 0 Å². The minimum atomic E-state index is -0.414. The Morgan fingerprint density at radius 3 is 2.54 bits per heavy atom. The second-order valence-corrected chi connectivity index (χ2v) is 3.01. The van der Waals surface area contributed by atoms with Crippen LogP contribution in [0.15, 0.2) is 36.9 Å². The van der Waals surface area contributed by atoms with Gasteiger partial charge in [0.25, 0.3) is 0 Å². The molecule has 0 radical (unpaired) electrons. The Morgan fingerprint density at radius 2 is 2.00 bits per heavy atom. The fourth-order valence-electron chi connectivity index (χ4n) is 1.17. The van der Waals surface area contributed by atoms with Crippen LogP contribution >= 0.6 is 0 Å². The van der Waals surface area contributed by atoms with Crippen LogP contribution in [0.2, 0.25) is 0 Å². The fraction of sp³-hybridized carbons (Fsp3) is 0.273. The first-order valence-corrected chi connectivity index (χ1v) is 4.26. The molecule has 1 unspecified atom stereocenters. The summed E-state index contributed by atoms with van der Waals surface area (Å²) in [6.07, 6.45) is 2.38. The molecule has 0 aliphatic carbocycles. The maximum atomic E-state index is 12.5. The highest BCUT2D eigenvalue weighted by atomic mass is 19.1. The monoisotopic (exact) mass is 180 g/mol. The normalized spacial score (nSPS) is 12.5. The molecule has 1 aromatic carbocycles. The lowest BCUT2D eigenvalue weighted by atomic mass is 10.1. The molecule has 0 amide bonds. The van der Waals surface area contributed by atoms with E-state index in [1.807, 2.05) is 0 Å². The predicted octanol–water partition coefficient (Wildman–Crippen LogP) is 2.31. The molecule has 1 aromatic rings. The van der Waals surface area contributed by atoms with Gasteiger partial charge in [0, 0.05) is 0 Å². The molecule has 2 heteroatoms. The largest absolute Gasteiger partial charge is 0.392 e. The number of aliphatic hydroxyl groups is 1. The summed E-state index contributed by atoms with van der Waals surface area (Å²) in [5.74, 6) is -0.248. The third kappa shape index (κ3) is 3.38. The summed E-state index contributed by atoms with van der Waals surface area (Å²) in [5.41, 5.74) is 0.941. The Hall–Kier alpha value is -1.15. The van der Waals surface area contributed by atoms with Gasteiger partial charge in [0.1, 0.15) is 5.82 Å². The molecule has 0 aromatic heterocycles. The molecule has 0 spiro atoms. The molecule has 13 heavy (non-hydrogen) atoms. The van der Waals surface area contributed by atoms with Gasteiger partial charge >= 0.3 is 0 Å². The summed E-state index contributed by atoms with van der Waals surface area (Å²) >= 11 is 0. The summed E-state index contributed by atoms with van der Waals surface area (Å²) in [6, 6.07) is 6.16. The topological polar surface area (TPSA) is 20.2 Å². The van der Waals surface area contributed by atoms with Crippen molar-refractivity contribution in [2.24, 2.45) is 0 Å². The molecule has 0 heterocycles. The molecule has 1 nitrogen and oxygen atoms in total. The number of hydrogen-bond acceptors (Lipinski definition) is 1. The number of benzene rings is 1. The van der Waals surface area contributed by atoms with Crippen LogP contribution in [0, 0.1) is 5.82 Å². The van der Waals surface area contributed by atoms with Crippen molar-refractivity contribution >= 4 is 0 Å². The van der Waals surface area contributed by atoms with E-state index in [0.717, 1.165) is 5.56 Å². The molecule has 70 valence electrons. The fourth-order valence-corrected chi connectivity index (χ4v) is 1.17. The third-order valence-electron chi connectivity index (χ3n) is 1.82. The number of aliphatic hydroxyl groups excluding tert-OH is 1. The summed E-state index contributed by atoms with van der Waals surface area (Å²) < 4.78 is 12.5. The van der Waals surface area contributed by atoms with E-state index in [1.54, 1.807) is 18.2 Å². The maximum absolute atomic E-state index is 12.5. The molecule has 0 saturated carbocycles. The van der Waals surface area contributed by atoms with Crippen molar-refractivity contribution in [2.45, 2.75) is 18.9 Å². The van der Waals surface area contributed by atoms with Gasteiger partial charge in [-0.3, -0.25) is 0 Å². The van der Waals surface area contributed by atoms with Crippen molar-refractivity contribution in [2.75, 3.05) is 0 Å². The first kappa shape index (κ1) is 9.93. The van der Waals surface area contributed by atoms with Gasteiger partial charge in [-0.2, -0.15) is 0 Å². The van der Waals surface area contributed by atoms with Crippen molar-refractivity contribution in [3.63, 3.8) is 0 Å². The van der Waals surface area contributed by atoms with Gasteiger partial charge in [0.15, 0.2) is 0 Å². The van der Waals surface area contributed by atoms with E-state index in [4.69, 9.17) is 0 Å². The molecule has 1 N–H and O–H groups in total. The number of halogens is 1. The van der Waals surface area contributed by atoms with Crippen molar-refractivity contribution in [1.82, 2.24) is 0 Å².